The Labute approximate surface area is 217 Å². The van der Waals surface area contributed by atoms with E-state index in [2.05, 4.69) is 15.3 Å². The molecule has 1 aliphatic carbocycles. The Morgan fingerprint density at radius 3 is 2.55 bits per heavy atom. The van der Waals surface area contributed by atoms with Gasteiger partial charge in [-0.2, -0.15) is 13.2 Å². The van der Waals surface area contributed by atoms with E-state index >= 15 is 0 Å². The van der Waals surface area contributed by atoms with Gasteiger partial charge >= 0.3 is 12.3 Å². The molecule has 1 amide bonds. The average molecular weight is 536 g/mol. The van der Waals surface area contributed by atoms with Crippen molar-refractivity contribution in [2.75, 3.05) is 25.5 Å². The van der Waals surface area contributed by atoms with Gasteiger partial charge in [0.25, 0.3) is 0 Å². The number of ether oxygens (including phenoxy) is 2. The molecule has 0 spiro atoms. The van der Waals surface area contributed by atoms with Crippen LogP contribution in [-0.4, -0.2) is 69.6 Å². The molecule has 0 radical (unpaired) electrons. The highest BCUT2D eigenvalue weighted by Gasteiger charge is 2.65. The molecule has 2 fully saturated rings. The summed E-state index contributed by atoms with van der Waals surface area (Å²) in [5.41, 5.74) is -1.25. The Morgan fingerprint density at radius 1 is 1.18 bits per heavy atom. The molecule has 1 N–H and O–H groups in total. The molecule has 2 aliphatic rings. The highest BCUT2D eigenvalue weighted by molar-refractivity contribution is 5.69. The lowest BCUT2D eigenvalue weighted by atomic mass is 9.96. The molecule has 204 valence electrons. The summed E-state index contributed by atoms with van der Waals surface area (Å²) in [6.07, 6.45) is -3.40. The van der Waals surface area contributed by atoms with Gasteiger partial charge in [-0.05, 0) is 45.7 Å². The number of rotatable bonds is 5. The van der Waals surface area contributed by atoms with Gasteiger partial charge in [0, 0.05) is 24.4 Å². The van der Waals surface area contributed by atoms with Crippen molar-refractivity contribution in [1.29, 1.82) is 0 Å². The fourth-order valence-corrected chi connectivity index (χ4v) is 4.78. The lowest BCUT2D eigenvalue weighted by molar-refractivity contribution is -0.161. The van der Waals surface area contributed by atoms with Crippen LogP contribution in [0.25, 0.3) is 17.0 Å². The number of hydrogen-bond donors (Lipinski definition) is 1. The van der Waals surface area contributed by atoms with E-state index in [9.17, 15) is 22.4 Å². The normalized spacial score (nSPS) is 21.0. The number of pyridine rings is 2. The van der Waals surface area contributed by atoms with Gasteiger partial charge in [-0.3, -0.25) is 4.40 Å². The number of anilines is 1. The summed E-state index contributed by atoms with van der Waals surface area (Å²) in [6.45, 7) is 5.22. The van der Waals surface area contributed by atoms with Crippen LogP contribution in [0.5, 0.6) is 5.75 Å². The lowest BCUT2D eigenvalue weighted by Crippen LogP contribution is -2.36. The van der Waals surface area contributed by atoms with E-state index in [0.717, 1.165) is 0 Å². The maximum Gasteiger partial charge on any atom is 0.410 e. The standard InChI is InChI=1S/C26H29F4N5O3/c1-24(2,3)38-23(36)34-13-16(27)18(14-34)33-21-7-5-6-17(32-21)19-11-31-22-10-20(37-4)15(12-35(19)22)25(8-9-25)26(28,29)30/h5-7,10-12,16,18H,8-9,13-14H2,1-4H3,(H,32,33)/t16-,18-/m0/s1. The zero-order chi connectivity index (χ0) is 27.5. The first-order chi connectivity index (χ1) is 17.8. The van der Waals surface area contributed by atoms with E-state index in [4.69, 9.17) is 9.47 Å². The van der Waals surface area contributed by atoms with E-state index in [1.807, 2.05) is 0 Å². The Balaban J connectivity index is 1.41. The Morgan fingerprint density at radius 2 is 1.92 bits per heavy atom. The van der Waals surface area contributed by atoms with Crippen LogP contribution in [0.1, 0.15) is 39.2 Å². The number of nitrogens with one attached hydrogen (secondary N) is 1. The zero-order valence-electron chi connectivity index (χ0n) is 21.5. The van der Waals surface area contributed by atoms with Crippen molar-refractivity contribution in [3.63, 3.8) is 0 Å². The van der Waals surface area contributed by atoms with Crippen LogP contribution < -0.4 is 10.1 Å². The minimum absolute atomic E-state index is 0.00779. The number of likely N-dealkylation sites (tertiary alicyclic amines) is 1. The summed E-state index contributed by atoms with van der Waals surface area (Å²) in [5, 5.41) is 3.04. The summed E-state index contributed by atoms with van der Waals surface area (Å²) < 4.78 is 68.7. The van der Waals surface area contributed by atoms with Gasteiger partial charge in [-0.15, -0.1) is 0 Å². The van der Waals surface area contributed by atoms with Crippen LogP contribution in [0.4, 0.5) is 28.2 Å². The number of methoxy groups -OCH3 is 1. The number of amides is 1. The second-order valence-electron chi connectivity index (χ2n) is 10.8. The van der Waals surface area contributed by atoms with Crippen LogP contribution in [0.2, 0.25) is 0 Å². The fraction of sp³-hybridized carbons (Fsp3) is 0.500. The van der Waals surface area contributed by atoms with Crippen molar-refractivity contribution in [1.82, 2.24) is 19.3 Å². The molecule has 12 heteroatoms. The van der Waals surface area contributed by atoms with Crippen LogP contribution in [-0.2, 0) is 10.2 Å². The highest BCUT2D eigenvalue weighted by atomic mass is 19.4. The maximum atomic E-state index is 14.8. The minimum atomic E-state index is -4.41. The first-order valence-corrected chi connectivity index (χ1v) is 12.3. The van der Waals surface area contributed by atoms with Crippen molar-refractivity contribution in [2.24, 2.45) is 0 Å². The molecule has 4 heterocycles. The van der Waals surface area contributed by atoms with Gasteiger partial charge in [0.15, 0.2) is 0 Å². The number of carbonyl (C=O) groups excluding carboxylic acids is 1. The molecule has 1 saturated heterocycles. The third-order valence-corrected chi connectivity index (χ3v) is 6.88. The number of imidazole rings is 1. The first-order valence-electron chi connectivity index (χ1n) is 12.3. The summed E-state index contributed by atoms with van der Waals surface area (Å²) in [6, 6.07) is 5.85. The molecule has 8 nitrogen and oxygen atoms in total. The van der Waals surface area contributed by atoms with Gasteiger partial charge in [0.05, 0.1) is 42.7 Å². The van der Waals surface area contributed by atoms with Crippen molar-refractivity contribution in [3.8, 4) is 17.1 Å². The molecular weight excluding hydrogens is 506 g/mol. The van der Waals surface area contributed by atoms with Crippen LogP contribution in [0, 0.1) is 0 Å². The minimum Gasteiger partial charge on any atom is -0.496 e. The molecule has 38 heavy (non-hydrogen) atoms. The Hall–Kier alpha value is -3.57. The molecule has 0 aromatic carbocycles. The third kappa shape index (κ3) is 4.71. The van der Waals surface area contributed by atoms with Crippen LogP contribution >= 0.6 is 0 Å². The second kappa shape index (κ2) is 9.02. The average Bonchev–Trinajstić information content (AvgIpc) is 3.44. The molecule has 3 aromatic heterocycles. The zero-order valence-corrected chi connectivity index (χ0v) is 21.5. The van der Waals surface area contributed by atoms with Crippen molar-refractivity contribution in [3.05, 3.63) is 42.2 Å². The Bertz CT molecular complexity index is 1360. The Kier molecular flexibility index (Phi) is 6.18. The molecule has 2 atom stereocenters. The smallest absolute Gasteiger partial charge is 0.410 e. The van der Waals surface area contributed by atoms with Gasteiger partial charge in [0.1, 0.15) is 29.0 Å². The number of aromatic nitrogens is 3. The van der Waals surface area contributed by atoms with Crippen molar-refractivity contribution >= 4 is 17.6 Å². The number of hydrogen-bond acceptors (Lipinski definition) is 6. The van der Waals surface area contributed by atoms with E-state index < -0.39 is 35.5 Å². The fourth-order valence-electron chi connectivity index (χ4n) is 4.78. The predicted molar refractivity (Wildman–Crippen MR) is 132 cm³/mol. The van der Waals surface area contributed by atoms with Gasteiger partial charge in [0.2, 0.25) is 0 Å². The van der Waals surface area contributed by atoms with E-state index in [0.29, 0.717) is 22.9 Å². The summed E-state index contributed by atoms with van der Waals surface area (Å²) in [5.74, 6) is 0.497. The summed E-state index contributed by atoms with van der Waals surface area (Å²) in [4.78, 5) is 22.6. The number of halogens is 4. The summed E-state index contributed by atoms with van der Waals surface area (Å²) in [7, 11) is 1.34. The third-order valence-electron chi connectivity index (χ3n) is 6.88. The topological polar surface area (TPSA) is 81.0 Å². The highest BCUT2D eigenvalue weighted by Crippen LogP contribution is 2.61. The molecular formula is C26H29F4N5O3. The van der Waals surface area contributed by atoms with Gasteiger partial charge < -0.3 is 19.7 Å². The molecule has 0 unspecified atom stereocenters. The van der Waals surface area contributed by atoms with E-state index in [-0.39, 0.29) is 37.2 Å². The second-order valence-corrected chi connectivity index (χ2v) is 10.8. The predicted octanol–water partition coefficient (Wildman–Crippen LogP) is 5.37. The van der Waals surface area contributed by atoms with Gasteiger partial charge in [-0.1, -0.05) is 6.07 Å². The lowest BCUT2D eigenvalue weighted by Gasteiger charge is -2.24. The number of nitrogens with zero attached hydrogens (tertiary/aromatic N) is 4. The molecule has 0 bridgehead atoms. The molecule has 5 rings (SSSR count). The van der Waals surface area contributed by atoms with Crippen molar-refractivity contribution in [2.45, 2.75) is 63.0 Å². The first kappa shape index (κ1) is 26.1. The SMILES string of the molecule is COc1cc2ncc(-c3cccc(N[C@H]4CN(C(=O)OC(C)(C)C)C[C@@H]4F)n3)n2cc1C1(C(F)(F)F)CC1. The maximum absolute atomic E-state index is 14.8. The van der Waals surface area contributed by atoms with Crippen LogP contribution in [0.15, 0.2) is 36.7 Å². The molecule has 3 aromatic rings. The van der Waals surface area contributed by atoms with Crippen molar-refractivity contribution < 1.29 is 31.8 Å². The quantitative estimate of drug-likeness (QED) is 0.443. The van der Waals surface area contributed by atoms with Crippen LogP contribution in [0.3, 0.4) is 0 Å². The number of fused-ring (bicyclic) bond motifs is 1. The van der Waals surface area contributed by atoms with Gasteiger partial charge in [-0.25, -0.2) is 19.2 Å². The van der Waals surface area contributed by atoms with E-state index in [1.54, 1.807) is 43.4 Å². The number of alkyl halides is 4. The largest absolute Gasteiger partial charge is 0.496 e. The molecule has 1 saturated carbocycles. The number of carbonyl (C=O) groups is 1. The molecule has 1 aliphatic heterocycles. The van der Waals surface area contributed by atoms with E-state index in [1.165, 1.54) is 30.5 Å². The summed E-state index contributed by atoms with van der Waals surface area (Å²) >= 11 is 0. The monoisotopic (exact) mass is 535 g/mol.